The van der Waals surface area contributed by atoms with Gasteiger partial charge in [-0.25, -0.2) is 13.4 Å². The van der Waals surface area contributed by atoms with E-state index >= 15 is 0 Å². The predicted molar refractivity (Wildman–Crippen MR) is 76.6 cm³/mol. The average molecular weight is 292 g/mol. The van der Waals surface area contributed by atoms with Crippen LogP contribution in [0.25, 0.3) is 0 Å². The summed E-state index contributed by atoms with van der Waals surface area (Å²) in [6.45, 7) is 0.707. The molecule has 0 aliphatic carbocycles. The Kier molecular flexibility index (Phi) is 4.36. The summed E-state index contributed by atoms with van der Waals surface area (Å²) in [4.78, 5) is 4.08. The molecule has 106 valence electrons. The lowest BCUT2D eigenvalue weighted by Crippen LogP contribution is -2.05. The SMILES string of the molecule is CNCc1cccc(Oc2ncccc2S(C)(=O)=O)c1. The van der Waals surface area contributed by atoms with Gasteiger partial charge in [0.2, 0.25) is 5.88 Å². The van der Waals surface area contributed by atoms with Gasteiger partial charge in [-0.3, -0.25) is 0 Å². The zero-order valence-electron chi connectivity index (χ0n) is 11.3. The van der Waals surface area contributed by atoms with Gasteiger partial charge < -0.3 is 10.1 Å². The molecule has 0 radical (unpaired) electrons. The maximum Gasteiger partial charge on any atom is 0.238 e. The molecule has 0 amide bonds. The number of sulfone groups is 1. The van der Waals surface area contributed by atoms with Crippen molar-refractivity contribution in [2.75, 3.05) is 13.3 Å². The Balaban J connectivity index is 2.33. The van der Waals surface area contributed by atoms with E-state index < -0.39 is 9.84 Å². The van der Waals surface area contributed by atoms with Crippen LogP contribution in [0.15, 0.2) is 47.5 Å². The molecule has 0 spiro atoms. The molecule has 1 heterocycles. The van der Waals surface area contributed by atoms with E-state index in [0.29, 0.717) is 12.3 Å². The molecule has 0 unspecified atom stereocenters. The summed E-state index contributed by atoms with van der Waals surface area (Å²) in [6.07, 6.45) is 2.63. The molecular formula is C14H16N2O3S. The first-order valence-electron chi connectivity index (χ1n) is 6.07. The normalized spacial score (nSPS) is 11.3. The van der Waals surface area contributed by atoms with E-state index in [0.717, 1.165) is 11.8 Å². The van der Waals surface area contributed by atoms with E-state index in [1.165, 1.54) is 12.3 Å². The highest BCUT2D eigenvalue weighted by molar-refractivity contribution is 7.90. The van der Waals surface area contributed by atoms with Crippen molar-refractivity contribution < 1.29 is 13.2 Å². The van der Waals surface area contributed by atoms with Crippen molar-refractivity contribution in [1.29, 1.82) is 0 Å². The van der Waals surface area contributed by atoms with Crippen molar-refractivity contribution >= 4 is 9.84 Å². The third-order valence-electron chi connectivity index (χ3n) is 2.63. The highest BCUT2D eigenvalue weighted by Crippen LogP contribution is 2.26. The van der Waals surface area contributed by atoms with Gasteiger partial charge in [0.15, 0.2) is 9.84 Å². The second kappa shape index (κ2) is 6.02. The van der Waals surface area contributed by atoms with Gasteiger partial charge >= 0.3 is 0 Å². The Morgan fingerprint density at radius 2 is 2.05 bits per heavy atom. The maximum atomic E-state index is 11.7. The molecule has 20 heavy (non-hydrogen) atoms. The maximum absolute atomic E-state index is 11.7. The van der Waals surface area contributed by atoms with Gasteiger partial charge in [-0.2, -0.15) is 0 Å². The van der Waals surface area contributed by atoms with Crippen molar-refractivity contribution in [3.8, 4) is 11.6 Å². The van der Waals surface area contributed by atoms with Gasteiger partial charge in [0.05, 0.1) is 0 Å². The van der Waals surface area contributed by atoms with Crippen LogP contribution in [0.3, 0.4) is 0 Å². The van der Waals surface area contributed by atoms with Crippen LogP contribution in [0.5, 0.6) is 11.6 Å². The molecule has 2 aromatic rings. The number of pyridine rings is 1. The zero-order chi connectivity index (χ0) is 14.6. The number of hydrogen-bond donors (Lipinski definition) is 1. The molecule has 0 fully saturated rings. The summed E-state index contributed by atoms with van der Waals surface area (Å²) in [5, 5.41) is 3.04. The highest BCUT2D eigenvalue weighted by Gasteiger charge is 2.15. The van der Waals surface area contributed by atoms with Crippen LogP contribution in [-0.2, 0) is 16.4 Å². The Hall–Kier alpha value is -1.92. The predicted octanol–water partition coefficient (Wildman–Crippen LogP) is 2.00. The largest absolute Gasteiger partial charge is 0.438 e. The number of nitrogens with one attached hydrogen (secondary N) is 1. The molecule has 0 saturated carbocycles. The summed E-state index contributed by atoms with van der Waals surface area (Å²) >= 11 is 0. The number of ether oxygens (including phenoxy) is 1. The molecule has 0 atom stereocenters. The van der Waals surface area contributed by atoms with Gasteiger partial charge in [0.1, 0.15) is 10.6 Å². The van der Waals surface area contributed by atoms with Crippen molar-refractivity contribution in [1.82, 2.24) is 10.3 Å². The molecule has 0 aliphatic rings. The smallest absolute Gasteiger partial charge is 0.238 e. The number of nitrogens with zero attached hydrogens (tertiary/aromatic N) is 1. The lowest BCUT2D eigenvalue weighted by atomic mass is 10.2. The lowest BCUT2D eigenvalue weighted by Gasteiger charge is -2.09. The monoisotopic (exact) mass is 292 g/mol. The van der Waals surface area contributed by atoms with Crippen LogP contribution in [0.2, 0.25) is 0 Å². The zero-order valence-corrected chi connectivity index (χ0v) is 12.1. The molecule has 5 nitrogen and oxygen atoms in total. The summed E-state index contributed by atoms with van der Waals surface area (Å²) in [5.74, 6) is 0.651. The molecule has 1 aromatic carbocycles. The van der Waals surface area contributed by atoms with Crippen molar-refractivity contribution in [2.45, 2.75) is 11.4 Å². The third-order valence-corrected chi connectivity index (χ3v) is 3.74. The van der Waals surface area contributed by atoms with Crippen LogP contribution in [0.1, 0.15) is 5.56 Å². The minimum absolute atomic E-state index is 0.0824. The Labute approximate surface area is 118 Å². The quantitative estimate of drug-likeness (QED) is 0.913. The van der Waals surface area contributed by atoms with E-state index in [4.69, 9.17) is 4.74 Å². The first-order chi connectivity index (χ1) is 9.50. The molecule has 2 rings (SSSR count). The molecule has 0 bridgehead atoms. The van der Waals surface area contributed by atoms with Crippen molar-refractivity contribution in [2.24, 2.45) is 0 Å². The molecule has 1 N–H and O–H groups in total. The molecule has 6 heteroatoms. The highest BCUT2D eigenvalue weighted by atomic mass is 32.2. The topological polar surface area (TPSA) is 68.3 Å². The van der Waals surface area contributed by atoms with Crippen molar-refractivity contribution in [3.63, 3.8) is 0 Å². The van der Waals surface area contributed by atoms with Gasteiger partial charge in [0.25, 0.3) is 0 Å². The summed E-state index contributed by atoms with van der Waals surface area (Å²) in [6, 6.07) is 10.5. The minimum atomic E-state index is -3.37. The van der Waals surface area contributed by atoms with Gasteiger partial charge in [0, 0.05) is 19.0 Å². The summed E-state index contributed by atoms with van der Waals surface area (Å²) < 4.78 is 29.0. The average Bonchev–Trinajstić information content (AvgIpc) is 2.39. The van der Waals surface area contributed by atoms with Gasteiger partial charge in [-0.15, -0.1) is 0 Å². The number of rotatable bonds is 5. The van der Waals surface area contributed by atoms with Crippen LogP contribution < -0.4 is 10.1 Å². The first-order valence-corrected chi connectivity index (χ1v) is 7.96. The van der Waals surface area contributed by atoms with Gasteiger partial charge in [-0.1, -0.05) is 12.1 Å². The minimum Gasteiger partial charge on any atom is -0.438 e. The fourth-order valence-corrected chi connectivity index (χ4v) is 2.51. The van der Waals surface area contributed by atoms with E-state index in [9.17, 15) is 8.42 Å². The lowest BCUT2D eigenvalue weighted by molar-refractivity contribution is 0.446. The number of benzene rings is 1. The van der Waals surface area contributed by atoms with Crippen LogP contribution in [-0.4, -0.2) is 26.7 Å². The Bertz CT molecular complexity index is 699. The molecule has 1 aromatic heterocycles. The molecular weight excluding hydrogens is 276 g/mol. The van der Waals surface area contributed by atoms with Crippen LogP contribution >= 0.6 is 0 Å². The van der Waals surface area contributed by atoms with Crippen LogP contribution in [0.4, 0.5) is 0 Å². The van der Waals surface area contributed by atoms with E-state index in [1.54, 1.807) is 12.1 Å². The standard InChI is InChI=1S/C14H16N2O3S/c1-15-10-11-5-3-6-12(9-11)19-14-13(20(2,17)18)7-4-8-16-14/h3-9,15H,10H2,1-2H3. The van der Waals surface area contributed by atoms with E-state index in [1.807, 2.05) is 25.2 Å². The Morgan fingerprint density at radius 1 is 1.25 bits per heavy atom. The third kappa shape index (κ3) is 3.55. The number of aromatic nitrogens is 1. The van der Waals surface area contributed by atoms with E-state index in [-0.39, 0.29) is 10.8 Å². The van der Waals surface area contributed by atoms with E-state index in [2.05, 4.69) is 10.3 Å². The fourth-order valence-electron chi connectivity index (χ4n) is 1.77. The second-order valence-corrected chi connectivity index (χ2v) is 6.34. The Morgan fingerprint density at radius 3 is 2.75 bits per heavy atom. The fraction of sp³-hybridized carbons (Fsp3) is 0.214. The number of hydrogen-bond acceptors (Lipinski definition) is 5. The first kappa shape index (κ1) is 14.5. The molecule has 0 aliphatic heterocycles. The van der Waals surface area contributed by atoms with Crippen LogP contribution in [0, 0.1) is 0 Å². The second-order valence-electron chi connectivity index (χ2n) is 4.36. The molecule has 0 saturated heterocycles. The summed E-state index contributed by atoms with van der Waals surface area (Å²) in [7, 11) is -1.52. The van der Waals surface area contributed by atoms with Crippen molar-refractivity contribution in [3.05, 3.63) is 48.2 Å². The summed E-state index contributed by atoms with van der Waals surface area (Å²) in [5.41, 5.74) is 1.04. The van der Waals surface area contributed by atoms with Gasteiger partial charge in [-0.05, 0) is 36.9 Å².